The number of rotatable bonds is 2. The molecule has 26 heavy (non-hydrogen) atoms. The van der Waals surface area contributed by atoms with Crippen LogP contribution in [0, 0.1) is 13.8 Å². The maximum Gasteiger partial charge on any atom is 0.256 e. The lowest BCUT2D eigenvalue weighted by atomic mass is 10.1. The van der Waals surface area contributed by atoms with E-state index in [9.17, 15) is 4.79 Å². The van der Waals surface area contributed by atoms with Crippen LogP contribution in [-0.4, -0.2) is 33.9 Å². The summed E-state index contributed by atoms with van der Waals surface area (Å²) in [6, 6.07) is 7.21. The van der Waals surface area contributed by atoms with Gasteiger partial charge in [-0.1, -0.05) is 0 Å². The Morgan fingerprint density at radius 2 is 1.92 bits per heavy atom. The zero-order valence-electron chi connectivity index (χ0n) is 15.0. The molecule has 0 radical (unpaired) electrons. The number of aromatic nitrogens is 3. The Hall–Kier alpha value is -3.09. The number of fused-ring (bicyclic) bond motifs is 2. The van der Waals surface area contributed by atoms with Gasteiger partial charge in [0.2, 0.25) is 0 Å². The van der Waals surface area contributed by atoms with Gasteiger partial charge in [0.15, 0.2) is 17.1 Å². The molecule has 3 heterocycles. The Morgan fingerprint density at radius 1 is 1.15 bits per heavy atom. The summed E-state index contributed by atoms with van der Waals surface area (Å²) in [5.74, 6) is 1.14. The van der Waals surface area contributed by atoms with Gasteiger partial charge in [-0.15, -0.1) is 0 Å². The van der Waals surface area contributed by atoms with Crippen molar-refractivity contribution in [2.75, 3.05) is 18.5 Å². The molecular formula is C19H20N4O3. The number of amides is 1. The Morgan fingerprint density at radius 3 is 2.73 bits per heavy atom. The van der Waals surface area contributed by atoms with Crippen molar-refractivity contribution in [2.24, 2.45) is 7.05 Å². The molecule has 0 atom stereocenters. The van der Waals surface area contributed by atoms with E-state index in [2.05, 4.69) is 15.4 Å². The van der Waals surface area contributed by atoms with Gasteiger partial charge >= 0.3 is 0 Å². The smallest absolute Gasteiger partial charge is 0.256 e. The summed E-state index contributed by atoms with van der Waals surface area (Å²) in [4.78, 5) is 17.4. The second-order valence-electron chi connectivity index (χ2n) is 6.38. The van der Waals surface area contributed by atoms with Gasteiger partial charge in [-0.2, -0.15) is 5.10 Å². The van der Waals surface area contributed by atoms with E-state index >= 15 is 0 Å². The van der Waals surface area contributed by atoms with Crippen LogP contribution in [0.5, 0.6) is 11.5 Å². The summed E-state index contributed by atoms with van der Waals surface area (Å²) < 4.78 is 13.0. The molecule has 0 saturated heterocycles. The maximum absolute atomic E-state index is 12.9. The number of hydrogen-bond donors (Lipinski definition) is 1. The molecule has 1 aliphatic heterocycles. The molecule has 0 saturated carbocycles. The molecule has 4 rings (SSSR count). The number of carbonyl (C=O) groups excluding carboxylic acids is 1. The SMILES string of the molecule is Cc1cc(C(=O)Nc2ccc3c(c2)OCCCO3)c2c(C)nn(C)c2n1. The van der Waals surface area contributed by atoms with Crippen molar-refractivity contribution in [3.63, 3.8) is 0 Å². The average molecular weight is 352 g/mol. The van der Waals surface area contributed by atoms with Gasteiger partial charge in [0.1, 0.15) is 0 Å². The third-order valence-corrected chi connectivity index (χ3v) is 4.35. The minimum absolute atomic E-state index is 0.203. The van der Waals surface area contributed by atoms with Gasteiger partial charge < -0.3 is 14.8 Å². The van der Waals surface area contributed by atoms with Crippen molar-refractivity contribution in [1.82, 2.24) is 14.8 Å². The minimum atomic E-state index is -0.203. The Bertz CT molecular complexity index is 1010. The van der Waals surface area contributed by atoms with E-state index in [1.165, 1.54) is 0 Å². The van der Waals surface area contributed by atoms with Crippen LogP contribution in [0.2, 0.25) is 0 Å². The molecule has 134 valence electrons. The second-order valence-corrected chi connectivity index (χ2v) is 6.38. The lowest BCUT2D eigenvalue weighted by molar-refractivity contribution is 0.102. The highest BCUT2D eigenvalue weighted by molar-refractivity contribution is 6.12. The van der Waals surface area contributed by atoms with E-state index in [-0.39, 0.29) is 5.91 Å². The Labute approximate surface area is 150 Å². The van der Waals surface area contributed by atoms with E-state index in [1.807, 2.05) is 33.0 Å². The first kappa shape index (κ1) is 16.4. The van der Waals surface area contributed by atoms with E-state index in [0.29, 0.717) is 41.6 Å². The van der Waals surface area contributed by atoms with E-state index in [4.69, 9.17) is 9.47 Å². The molecule has 1 aromatic carbocycles. The van der Waals surface area contributed by atoms with Gasteiger partial charge in [0.05, 0.1) is 29.9 Å². The van der Waals surface area contributed by atoms with Gasteiger partial charge in [-0.05, 0) is 32.0 Å². The van der Waals surface area contributed by atoms with Crippen molar-refractivity contribution >= 4 is 22.6 Å². The van der Waals surface area contributed by atoms with Crippen molar-refractivity contribution in [3.05, 3.63) is 41.2 Å². The highest BCUT2D eigenvalue weighted by Crippen LogP contribution is 2.32. The van der Waals surface area contributed by atoms with Crippen LogP contribution in [0.1, 0.15) is 28.2 Å². The lowest BCUT2D eigenvalue weighted by Gasteiger charge is -2.11. The normalized spacial score (nSPS) is 13.5. The molecule has 0 aliphatic carbocycles. The molecule has 1 aliphatic rings. The van der Waals surface area contributed by atoms with Crippen LogP contribution in [0.25, 0.3) is 11.0 Å². The summed E-state index contributed by atoms with van der Waals surface area (Å²) in [6.07, 6.45) is 0.838. The highest BCUT2D eigenvalue weighted by atomic mass is 16.5. The van der Waals surface area contributed by atoms with Crippen LogP contribution >= 0.6 is 0 Å². The first-order valence-electron chi connectivity index (χ1n) is 8.55. The number of nitrogens with one attached hydrogen (secondary N) is 1. The molecule has 3 aromatic rings. The summed E-state index contributed by atoms with van der Waals surface area (Å²) in [5, 5.41) is 8.10. The Kier molecular flexibility index (Phi) is 3.99. The molecular weight excluding hydrogens is 332 g/mol. The number of aryl methyl sites for hydroxylation is 3. The summed E-state index contributed by atoms with van der Waals surface area (Å²) in [7, 11) is 1.83. The third-order valence-electron chi connectivity index (χ3n) is 4.35. The number of anilines is 1. The van der Waals surface area contributed by atoms with Crippen molar-refractivity contribution in [2.45, 2.75) is 20.3 Å². The predicted octanol–water partition coefficient (Wildman–Crippen LogP) is 3.00. The van der Waals surface area contributed by atoms with Crippen LogP contribution in [0.15, 0.2) is 24.3 Å². The molecule has 0 bridgehead atoms. The third kappa shape index (κ3) is 2.85. The van der Waals surface area contributed by atoms with Crippen molar-refractivity contribution < 1.29 is 14.3 Å². The standard InChI is InChI=1S/C19H20N4O3/c1-11-9-14(17-12(2)22-23(3)18(17)20-11)19(24)21-13-5-6-15-16(10-13)26-8-4-7-25-15/h5-6,9-10H,4,7-8H2,1-3H3,(H,21,24). The van der Waals surface area contributed by atoms with Crippen LogP contribution in [0.3, 0.4) is 0 Å². The van der Waals surface area contributed by atoms with Crippen LogP contribution < -0.4 is 14.8 Å². The molecule has 7 heteroatoms. The minimum Gasteiger partial charge on any atom is -0.490 e. The van der Waals surface area contributed by atoms with Crippen LogP contribution in [-0.2, 0) is 7.05 Å². The van der Waals surface area contributed by atoms with E-state index < -0.39 is 0 Å². The number of hydrogen-bond acceptors (Lipinski definition) is 5. The molecule has 1 amide bonds. The van der Waals surface area contributed by atoms with E-state index in [1.54, 1.807) is 16.8 Å². The molecule has 7 nitrogen and oxygen atoms in total. The lowest BCUT2D eigenvalue weighted by Crippen LogP contribution is -2.13. The van der Waals surface area contributed by atoms with E-state index in [0.717, 1.165) is 23.2 Å². The van der Waals surface area contributed by atoms with Gasteiger partial charge in [-0.25, -0.2) is 4.98 Å². The molecule has 0 spiro atoms. The fraction of sp³-hybridized carbons (Fsp3) is 0.316. The topological polar surface area (TPSA) is 78.3 Å². The maximum atomic E-state index is 12.9. The highest BCUT2D eigenvalue weighted by Gasteiger charge is 2.19. The zero-order valence-corrected chi connectivity index (χ0v) is 15.0. The monoisotopic (exact) mass is 352 g/mol. The first-order chi connectivity index (χ1) is 12.5. The fourth-order valence-corrected chi connectivity index (χ4v) is 3.19. The van der Waals surface area contributed by atoms with Gasteiger partial charge in [0, 0.05) is 30.9 Å². The first-order valence-corrected chi connectivity index (χ1v) is 8.55. The number of benzene rings is 1. The zero-order chi connectivity index (χ0) is 18.3. The summed E-state index contributed by atoms with van der Waals surface area (Å²) >= 11 is 0. The van der Waals surface area contributed by atoms with Gasteiger partial charge in [0.25, 0.3) is 5.91 Å². The molecule has 0 fully saturated rings. The summed E-state index contributed by atoms with van der Waals surface area (Å²) in [6.45, 7) is 4.98. The van der Waals surface area contributed by atoms with Crippen LogP contribution in [0.4, 0.5) is 5.69 Å². The molecule has 0 unspecified atom stereocenters. The number of pyridine rings is 1. The fourth-order valence-electron chi connectivity index (χ4n) is 3.19. The molecule has 2 aromatic heterocycles. The van der Waals surface area contributed by atoms with Crippen molar-refractivity contribution in [3.8, 4) is 11.5 Å². The quantitative estimate of drug-likeness (QED) is 0.767. The number of ether oxygens (including phenoxy) is 2. The Balaban J connectivity index is 1.69. The number of carbonyl (C=O) groups is 1. The second kappa shape index (κ2) is 6.33. The largest absolute Gasteiger partial charge is 0.490 e. The number of nitrogens with zero attached hydrogens (tertiary/aromatic N) is 3. The van der Waals surface area contributed by atoms with Crippen molar-refractivity contribution in [1.29, 1.82) is 0 Å². The average Bonchev–Trinajstić information content (AvgIpc) is 2.78. The summed E-state index contributed by atoms with van der Waals surface area (Å²) in [5.41, 5.74) is 3.46. The van der Waals surface area contributed by atoms with Gasteiger partial charge in [-0.3, -0.25) is 9.48 Å². The molecule has 1 N–H and O–H groups in total. The predicted molar refractivity (Wildman–Crippen MR) is 98.0 cm³/mol.